The Morgan fingerprint density at radius 2 is 2.12 bits per heavy atom. The molecule has 2 fully saturated rings. The summed E-state index contributed by atoms with van der Waals surface area (Å²) in [6.45, 7) is 0.856. The Bertz CT molecular complexity index is 339. The Morgan fingerprint density at radius 3 is 2.81 bits per heavy atom. The SMILES string of the molecule is O=C(O)C1=C(CC2CCCO2)C2CCC1C2. The Morgan fingerprint density at radius 1 is 1.31 bits per heavy atom. The number of carboxylic acids is 1. The molecular formula is C13H18O3. The second-order valence-corrected chi connectivity index (χ2v) is 5.29. The van der Waals surface area contributed by atoms with E-state index in [1.165, 1.54) is 12.0 Å². The standard InChI is InChI=1S/C13H18O3/c14-13(15)12-9-4-3-8(6-9)11(12)7-10-2-1-5-16-10/h8-10H,1-7H2,(H,14,15). The van der Waals surface area contributed by atoms with Crippen molar-refractivity contribution in [3.05, 3.63) is 11.1 Å². The maximum absolute atomic E-state index is 11.3. The van der Waals surface area contributed by atoms with Gasteiger partial charge in [0, 0.05) is 12.2 Å². The maximum atomic E-state index is 11.3. The van der Waals surface area contributed by atoms with Crippen molar-refractivity contribution in [3.8, 4) is 0 Å². The molecular weight excluding hydrogens is 204 g/mol. The molecule has 0 aromatic carbocycles. The average molecular weight is 222 g/mol. The zero-order valence-electron chi connectivity index (χ0n) is 9.45. The highest BCUT2D eigenvalue weighted by Crippen LogP contribution is 2.50. The summed E-state index contributed by atoms with van der Waals surface area (Å²) in [4.78, 5) is 11.3. The number of rotatable bonds is 3. The predicted molar refractivity (Wildman–Crippen MR) is 59.1 cm³/mol. The number of hydrogen-bond acceptors (Lipinski definition) is 2. The van der Waals surface area contributed by atoms with E-state index < -0.39 is 5.97 Å². The molecule has 0 amide bonds. The first-order chi connectivity index (χ1) is 7.75. The number of fused-ring (bicyclic) bond motifs is 2. The van der Waals surface area contributed by atoms with Crippen LogP contribution < -0.4 is 0 Å². The van der Waals surface area contributed by atoms with E-state index in [-0.39, 0.29) is 0 Å². The van der Waals surface area contributed by atoms with Gasteiger partial charge in [0.25, 0.3) is 0 Å². The van der Waals surface area contributed by atoms with Gasteiger partial charge in [0.1, 0.15) is 0 Å². The fourth-order valence-corrected chi connectivity index (χ4v) is 3.68. The summed E-state index contributed by atoms with van der Waals surface area (Å²) in [5, 5.41) is 9.28. The van der Waals surface area contributed by atoms with Crippen LogP contribution in [0.1, 0.15) is 38.5 Å². The lowest BCUT2D eigenvalue weighted by Crippen LogP contribution is -2.16. The van der Waals surface area contributed by atoms with Gasteiger partial charge in [0.2, 0.25) is 0 Å². The van der Waals surface area contributed by atoms with E-state index in [1.54, 1.807) is 0 Å². The monoisotopic (exact) mass is 222 g/mol. The molecule has 16 heavy (non-hydrogen) atoms. The summed E-state index contributed by atoms with van der Waals surface area (Å²) >= 11 is 0. The summed E-state index contributed by atoms with van der Waals surface area (Å²) in [5.74, 6) is 0.222. The van der Waals surface area contributed by atoms with Crippen LogP contribution >= 0.6 is 0 Å². The van der Waals surface area contributed by atoms with Crippen molar-refractivity contribution >= 4 is 5.97 Å². The third-order valence-electron chi connectivity index (χ3n) is 4.38. The summed E-state index contributed by atoms with van der Waals surface area (Å²) in [5.41, 5.74) is 1.96. The van der Waals surface area contributed by atoms with E-state index in [0.29, 0.717) is 17.9 Å². The molecule has 88 valence electrons. The van der Waals surface area contributed by atoms with Crippen LogP contribution in [0.15, 0.2) is 11.1 Å². The first-order valence-corrected chi connectivity index (χ1v) is 6.33. The van der Waals surface area contributed by atoms with Gasteiger partial charge in [0.15, 0.2) is 0 Å². The van der Waals surface area contributed by atoms with Crippen LogP contribution in [0.4, 0.5) is 0 Å². The molecule has 3 atom stereocenters. The second-order valence-electron chi connectivity index (χ2n) is 5.29. The fraction of sp³-hybridized carbons (Fsp3) is 0.769. The number of hydrogen-bond donors (Lipinski definition) is 1. The second kappa shape index (κ2) is 3.88. The van der Waals surface area contributed by atoms with Gasteiger partial charge in [-0.05, 0) is 50.4 Å². The Kier molecular flexibility index (Phi) is 2.51. The molecule has 0 radical (unpaired) electrons. The highest BCUT2D eigenvalue weighted by molar-refractivity contribution is 5.89. The van der Waals surface area contributed by atoms with Gasteiger partial charge in [-0.15, -0.1) is 0 Å². The largest absolute Gasteiger partial charge is 0.478 e. The fourth-order valence-electron chi connectivity index (χ4n) is 3.68. The molecule has 1 saturated heterocycles. The van der Waals surface area contributed by atoms with Crippen molar-refractivity contribution < 1.29 is 14.6 Å². The van der Waals surface area contributed by atoms with Gasteiger partial charge >= 0.3 is 5.97 Å². The summed E-state index contributed by atoms with van der Waals surface area (Å²) < 4.78 is 5.62. The molecule has 0 aromatic rings. The van der Waals surface area contributed by atoms with Crippen LogP contribution in [-0.2, 0) is 9.53 Å². The zero-order chi connectivity index (χ0) is 11.1. The van der Waals surface area contributed by atoms with E-state index >= 15 is 0 Å². The number of aliphatic carboxylic acids is 1. The van der Waals surface area contributed by atoms with Crippen LogP contribution in [0.5, 0.6) is 0 Å². The molecule has 3 rings (SSSR count). The zero-order valence-corrected chi connectivity index (χ0v) is 9.45. The molecule has 3 unspecified atom stereocenters. The quantitative estimate of drug-likeness (QED) is 0.797. The molecule has 1 aliphatic heterocycles. The van der Waals surface area contributed by atoms with E-state index in [0.717, 1.165) is 44.3 Å². The van der Waals surface area contributed by atoms with Gasteiger partial charge in [-0.1, -0.05) is 5.57 Å². The topological polar surface area (TPSA) is 46.5 Å². The lowest BCUT2D eigenvalue weighted by atomic mass is 9.88. The Balaban J connectivity index is 1.81. The van der Waals surface area contributed by atoms with E-state index in [4.69, 9.17) is 4.74 Å². The highest BCUT2D eigenvalue weighted by atomic mass is 16.5. The molecule has 0 spiro atoms. The Labute approximate surface area is 95.5 Å². The van der Waals surface area contributed by atoms with E-state index in [9.17, 15) is 9.90 Å². The van der Waals surface area contributed by atoms with Crippen LogP contribution in [0.25, 0.3) is 0 Å². The minimum Gasteiger partial charge on any atom is -0.478 e. The van der Waals surface area contributed by atoms with Crippen molar-refractivity contribution in [2.75, 3.05) is 6.61 Å². The molecule has 2 aliphatic carbocycles. The normalized spacial score (nSPS) is 37.4. The Hall–Kier alpha value is -0.830. The van der Waals surface area contributed by atoms with Crippen molar-refractivity contribution in [1.29, 1.82) is 0 Å². The van der Waals surface area contributed by atoms with Gasteiger partial charge in [-0.3, -0.25) is 0 Å². The third-order valence-corrected chi connectivity index (χ3v) is 4.38. The molecule has 3 heteroatoms. The molecule has 0 aromatic heterocycles. The maximum Gasteiger partial charge on any atom is 0.331 e. The van der Waals surface area contributed by atoms with Crippen LogP contribution in [-0.4, -0.2) is 23.8 Å². The van der Waals surface area contributed by atoms with Crippen LogP contribution in [0, 0.1) is 11.8 Å². The van der Waals surface area contributed by atoms with E-state index in [2.05, 4.69) is 0 Å². The van der Waals surface area contributed by atoms with Gasteiger partial charge in [0.05, 0.1) is 6.10 Å². The van der Waals surface area contributed by atoms with Crippen molar-refractivity contribution in [2.45, 2.75) is 44.6 Å². The van der Waals surface area contributed by atoms with Crippen molar-refractivity contribution in [3.63, 3.8) is 0 Å². The smallest absolute Gasteiger partial charge is 0.331 e. The number of ether oxygens (including phenoxy) is 1. The molecule has 3 nitrogen and oxygen atoms in total. The predicted octanol–water partition coefficient (Wildman–Crippen LogP) is 2.37. The first kappa shape index (κ1) is 10.3. The lowest BCUT2D eigenvalue weighted by molar-refractivity contribution is -0.133. The van der Waals surface area contributed by atoms with Crippen molar-refractivity contribution in [1.82, 2.24) is 0 Å². The first-order valence-electron chi connectivity index (χ1n) is 6.33. The van der Waals surface area contributed by atoms with Gasteiger partial charge in [-0.2, -0.15) is 0 Å². The number of carbonyl (C=O) groups is 1. The summed E-state index contributed by atoms with van der Waals surface area (Å²) in [6.07, 6.45) is 6.78. The molecule has 1 saturated carbocycles. The summed E-state index contributed by atoms with van der Waals surface area (Å²) in [6, 6.07) is 0. The molecule has 3 aliphatic rings. The van der Waals surface area contributed by atoms with Gasteiger partial charge in [-0.25, -0.2) is 4.79 Å². The average Bonchev–Trinajstić information content (AvgIpc) is 2.90. The van der Waals surface area contributed by atoms with E-state index in [1.807, 2.05) is 0 Å². The third kappa shape index (κ3) is 1.58. The van der Waals surface area contributed by atoms with Crippen LogP contribution in [0.3, 0.4) is 0 Å². The highest BCUT2D eigenvalue weighted by Gasteiger charge is 2.42. The van der Waals surface area contributed by atoms with Gasteiger partial charge < -0.3 is 9.84 Å². The number of carboxylic acid groups (broad SMARTS) is 1. The summed E-state index contributed by atoms with van der Waals surface area (Å²) in [7, 11) is 0. The molecule has 1 heterocycles. The minimum atomic E-state index is -0.680. The molecule has 1 N–H and O–H groups in total. The van der Waals surface area contributed by atoms with Crippen LogP contribution in [0.2, 0.25) is 0 Å². The lowest BCUT2D eigenvalue weighted by Gasteiger charge is -2.19. The van der Waals surface area contributed by atoms with Crippen molar-refractivity contribution in [2.24, 2.45) is 11.8 Å². The molecule has 2 bridgehead atoms. The minimum absolute atomic E-state index is 0.295.